The maximum Gasteiger partial charge on any atom is 0.280 e. The minimum Gasteiger partial charge on any atom is -0.467 e. The number of carbonyl (C=O) groups excluding carboxylic acids is 2. The van der Waals surface area contributed by atoms with Gasteiger partial charge in [-0.3, -0.25) is 14.5 Å². The lowest BCUT2D eigenvalue weighted by Crippen LogP contribution is -2.50. The van der Waals surface area contributed by atoms with Gasteiger partial charge in [-0.25, -0.2) is 0 Å². The van der Waals surface area contributed by atoms with E-state index in [4.69, 9.17) is 4.42 Å². The van der Waals surface area contributed by atoms with Gasteiger partial charge in [0.2, 0.25) is 0 Å². The number of carbonyl (C=O) groups is 2. The molecule has 0 saturated heterocycles. The minimum absolute atomic E-state index is 0.181. The van der Waals surface area contributed by atoms with Crippen LogP contribution in [0.1, 0.15) is 60.6 Å². The Bertz CT molecular complexity index is 1010. The van der Waals surface area contributed by atoms with E-state index in [-0.39, 0.29) is 11.6 Å². The normalized spacial score (nSPS) is 12.4. The molecule has 7 nitrogen and oxygen atoms in total. The monoisotopic (exact) mass is 426 g/mol. The number of benzene rings is 1. The number of aryl methyl sites for hydroxylation is 2. The Morgan fingerprint density at radius 2 is 2.03 bits per heavy atom. The van der Waals surface area contributed by atoms with Crippen molar-refractivity contribution < 1.29 is 14.0 Å². The third-order valence-electron chi connectivity index (χ3n) is 5.09. The number of rotatable bonds is 7. The number of nitrogens with one attached hydrogen (secondary N) is 1. The summed E-state index contributed by atoms with van der Waals surface area (Å²) in [5.74, 6) is -0.366. The molecule has 0 fully saturated rings. The number of anilines is 1. The number of furan rings is 1. The van der Waals surface area contributed by atoms with Gasteiger partial charge in [-0.15, -0.1) is 5.10 Å². The van der Waals surface area contributed by atoms with E-state index in [9.17, 15) is 9.59 Å². The summed E-state index contributed by atoms with van der Waals surface area (Å²) in [5, 5.41) is 8.57. The first-order chi connectivity index (χ1) is 14.2. The number of aromatic nitrogens is 2. The van der Waals surface area contributed by atoms with Gasteiger partial charge in [-0.1, -0.05) is 23.5 Å². The molecule has 0 spiro atoms. The van der Waals surface area contributed by atoms with Crippen molar-refractivity contribution in [3.8, 4) is 0 Å². The molecule has 2 heterocycles. The average molecular weight is 427 g/mol. The lowest BCUT2D eigenvalue weighted by Gasteiger charge is -2.33. The lowest BCUT2D eigenvalue weighted by molar-refractivity contribution is -0.124. The molecule has 8 heteroatoms. The fraction of sp³-hybridized carbons (Fsp3) is 0.364. The second-order valence-corrected chi connectivity index (χ2v) is 8.51. The zero-order chi connectivity index (χ0) is 21.9. The van der Waals surface area contributed by atoms with E-state index in [0.717, 1.165) is 29.1 Å². The van der Waals surface area contributed by atoms with Crippen LogP contribution in [0.15, 0.2) is 46.4 Å². The van der Waals surface area contributed by atoms with Crippen LogP contribution in [0, 0.1) is 13.8 Å². The molecule has 0 radical (unpaired) electrons. The van der Waals surface area contributed by atoms with Gasteiger partial charge in [0.15, 0.2) is 11.7 Å². The molecular formula is C22H26N4O3S. The van der Waals surface area contributed by atoms with Crippen LogP contribution in [0.3, 0.4) is 0 Å². The largest absolute Gasteiger partial charge is 0.467 e. The Hall–Kier alpha value is -3.00. The molecule has 0 unspecified atom stereocenters. The highest BCUT2D eigenvalue weighted by molar-refractivity contribution is 7.03. The molecule has 1 aromatic carbocycles. The van der Waals surface area contributed by atoms with Crippen LogP contribution in [0.5, 0.6) is 0 Å². The molecule has 3 aromatic rings. The van der Waals surface area contributed by atoms with Crippen LogP contribution in [0.2, 0.25) is 0 Å². The summed E-state index contributed by atoms with van der Waals surface area (Å²) < 4.78 is 9.44. The molecule has 2 aromatic heterocycles. The Morgan fingerprint density at radius 3 is 2.63 bits per heavy atom. The summed E-state index contributed by atoms with van der Waals surface area (Å²) in [7, 11) is 0. The Balaban J connectivity index is 2.17. The van der Waals surface area contributed by atoms with Gasteiger partial charge < -0.3 is 9.73 Å². The number of amides is 2. The van der Waals surface area contributed by atoms with Crippen LogP contribution >= 0.6 is 11.5 Å². The minimum atomic E-state index is -1.000. The smallest absolute Gasteiger partial charge is 0.280 e. The fourth-order valence-corrected chi connectivity index (χ4v) is 3.47. The lowest BCUT2D eigenvalue weighted by atomic mass is 10.00. The highest BCUT2D eigenvalue weighted by Gasteiger charge is 2.38. The van der Waals surface area contributed by atoms with Gasteiger partial charge in [0.05, 0.1) is 6.26 Å². The molecule has 30 heavy (non-hydrogen) atoms. The molecule has 1 N–H and O–H groups in total. The van der Waals surface area contributed by atoms with Gasteiger partial charge in [0.1, 0.15) is 5.76 Å². The van der Waals surface area contributed by atoms with E-state index < -0.39 is 17.5 Å². The van der Waals surface area contributed by atoms with Crippen molar-refractivity contribution in [2.45, 2.75) is 52.6 Å². The van der Waals surface area contributed by atoms with Crippen molar-refractivity contribution in [3.05, 3.63) is 64.6 Å². The van der Waals surface area contributed by atoms with Crippen molar-refractivity contribution in [1.82, 2.24) is 14.9 Å². The standard InChI is InChI=1S/C22H26N4O3S/c1-6-22(4,5)23-20(27)19(18-8-7-11-29-18)26(21(28)16-13-30-25-24-16)17-12-14(2)9-10-15(17)3/h7-13,19H,6H2,1-5H3,(H,23,27)/t19-/m0/s1. The van der Waals surface area contributed by atoms with Gasteiger partial charge >= 0.3 is 0 Å². The summed E-state index contributed by atoms with van der Waals surface area (Å²) in [4.78, 5) is 28.5. The van der Waals surface area contributed by atoms with E-state index in [2.05, 4.69) is 14.9 Å². The molecule has 0 bridgehead atoms. The van der Waals surface area contributed by atoms with E-state index in [1.807, 2.05) is 52.8 Å². The summed E-state index contributed by atoms with van der Waals surface area (Å²) in [6.07, 6.45) is 2.23. The van der Waals surface area contributed by atoms with E-state index in [1.165, 1.54) is 11.2 Å². The first-order valence-electron chi connectivity index (χ1n) is 9.77. The van der Waals surface area contributed by atoms with Gasteiger partial charge in [0, 0.05) is 16.6 Å². The maximum absolute atomic E-state index is 13.6. The van der Waals surface area contributed by atoms with E-state index in [0.29, 0.717) is 11.4 Å². The first-order valence-corrected chi connectivity index (χ1v) is 10.6. The van der Waals surface area contributed by atoms with Crippen LogP contribution in [0.25, 0.3) is 0 Å². The van der Waals surface area contributed by atoms with Gasteiger partial charge in [-0.05, 0) is 75.0 Å². The predicted molar refractivity (Wildman–Crippen MR) is 117 cm³/mol. The average Bonchev–Trinajstić information content (AvgIpc) is 3.41. The summed E-state index contributed by atoms with van der Waals surface area (Å²) >= 11 is 1.09. The van der Waals surface area contributed by atoms with Crippen molar-refractivity contribution in [1.29, 1.82) is 0 Å². The van der Waals surface area contributed by atoms with Gasteiger partial charge in [-0.2, -0.15) is 0 Å². The first kappa shape index (κ1) is 21.7. The molecule has 3 rings (SSSR count). The molecule has 1 atom stereocenters. The highest BCUT2D eigenvalue weighted by atomic mass is 32.1. The molecule has 2 amide bonds. The molecule has 0 saturated carbocycles. The summed E-state index contributed by atoms with van der Waals surface area (Å²) in [6.45, 7) is 9.73. The Labute approximate surface area is 180 Å². The van der Waals surface area contributed by atoms with Crippen molar-refractivity contribution in [2.75, 3.05) is 4.90 Å². The predicted octanol–water partition coefficient (Wildman–Crippen LogP) is 4.44. The maximum atomic E-state index is 13.6. The number of hydrogen-bond donors (Lipinski definition) is 1. The number of nitrogens with zero attached hydrogens (tertiary/aromatic N) is 3. The topological polar surface area (TPSA) is 88.3 Å². The molecule has 0 aliphatic carbocycles. The SMILES string of the molecule is CCC(C)(C)NC(=O)[C@H](c1ccco1)N(C(=O)c1csnn1)c1cc(C)ccc1C. The second kappa shape index (κ2) is 8.79. The van der Waals surface area contributed by atoms with Crippen molar-refractivity contribution >= 4 is 29.0 Å². The quantitative estimate of drug-likeness (QED) is 0.603. The second-order valence-electron chi connectivity index (χ2n) is 7.90. The zero-order valence-electron chi connectivity index (χ0n) is 17.8. The van der Waals surface area contributed by atoms with Gasteiger partial charge in [0.25, 0.3) is 11.8 Å². The van der Waals surface area contributed by atoms with Crippen LogP contribution < -0.4 is 10.2 Å². The van der Waals surface area contributed by atoms with E-state index in [1.54, 1.807) is 17.5 Å². The fourth-order valence-electron chi connectivity index (χ4n) is 3.04. The molecular weight excluding hydrogens is 400 g/mol. The zero-order valence-corrected chi connectivity index (χ0v) is 18.6. The summed E-state index contributed by atoms with van der Waals surface area (Å²) in [6, 6.07) is 8.19. The van der Waals surface area contributed by atoms with Crippen molar-refractivity contribution in [3.63, 3.8) is 0 Å². The Kier molecular flexibility index (Phi) is 6.36. The van der Waals surface area contributed by atoms with Crippen LogP contribution in [0.4, 0.5) is 5.69 Å². The number of hydrogen-bond acceptors (Lipinski definition) is 6. The van der Waals surface area contributed by atoms with Crippen molar-refractivity contribution in [2.24, 2.45) is 0 Å². The molecule has 0 aliphatic heterocycles. The third kappa shape index (κ3) is 4.59. The molecule has 158 valence electrons. The highest BCUT2D eigenvalue weighted by Crippen LogP contribution is 2.33. The van der Waals surface area contributed by atoms with Crippen LogP contribution in [-0.2, 0) is 4.79 Å². The summed E-state index contributed by atoms with van der Waals surface area (Å²) in [5.41, 5.74) is 2.19. The Morgan fingerprint density at radius 1 is 1.27 bits per heavy atom. The third-order valence-corrected chi connectivity index (χ3v) is 5.59. The van der Waals surface area contributed by atoms with E-state index >= 15 is 0 Å². The molecule has 0 aliphatic rings. The van der Waals surface area contributed by atoms with Crippen LogP contribution in [-0.4, -0.2) is 26.9 Å².